The molecule has 1 aromatic rings. The zero-order valence-electron chi connectivity index (χ0n) is 17.1. The first-order valence-corrected chi connectivity index (χ1v) is 10.9. The van der Waals surface area contributed by atoms with Gasteiger partial charge in [0.15, 0.2) is 0 Å². The highest BCUT2D eigenvalue weighted by molar-refractivity contribution is 5.95. The number of fused-ring (bicyclic) bond motifs is 1. The van der Waals surface area contributed by atoms with Gasteiger partial charge in [0.2, 0.25) is 0 Å². The molecule has 1 aromatic heterocycles. The molecule has 1 N–H and O–H groups in total. The minimum absolute atomic E-state index is 0.00686. The van der Waals surface area contributed by atoms with Crippen molar-refractivity contribution in [1.82, 2.24) is 20.1 Å². The predicted octanol–water partition coefficient (Wildman–Crippen LogP) is 1.69. The van der Waals surface area contributed by atoms with Crippen molar-refractivity contribution >= 4 is 5.91 Å². The average molecular weight is 385 g/mol. The summed E-state index contributed by atoms with van der Waals surface area (Å²) in [5, 5.41) is 3.19. The number of carbonyl (C=O) groups excluding carboxylic acids is 1. The largest absolute Gasteiger partial charge is 0.370 e. The second kappa shape index (κ2) is 7.08. The van der Waals surface area contributed by atoms with E-state index in [1.54, 1.807) is 6.20 Å². The first-order chi connectivity index (χ1) is 13.6. The van der Waals surface area contributed by atoms with E-state index in [2.05, 4.69) is 27.1 Å². The molecule has 28 heavy (non-hydrogen) atoms. The number of likely N-dealkylation sites (tertiary alicyclic amines) is 2. The van der Waals surface area contributed by atoms with E-state index in [0.717, 1.165) is 25.2 Å². The number of amides is 1. The van der Waals surface area contributed by atoms with Crippen LogP contribution in [-0.4, -0.2) is 78.2 Å². The van der Waals surface area contributed by atoms with E-state index in [4.69, 9.17) is 4.74 Å². The standard InChI is InChI=1S/C22H32N4O2/c1-15-17(4-3-9-23-15)21(27)24-12-18-19-13-26(16-6-10-25(2)11-7-16)14-22(19)8-5-20(18)28-22/h3-4,9,16,18-20H,5-8,10-14H2,1-2H3,(H,24,27)/t18-,19+,20+,22+/m0/s1. The molecule has 0 unspecified atom stereocenters. The van der Waals surface area contributed by atoms with Crippen LogP contribution in [0.2, 0.25) is 0 Å². The summed E-state index contributed by atoms with van der Waals surface area (Å²) >= 11 is 0. The van der Waals surface area contributed by atoms with Crippen LogP contribution in [0.1, 0.15) is 41.7 Å². The molecule has 5 rings (SSSR count). The molecule has 5 heterocycles. The van der Waals surface area contributed by atoms with Gasteiger partial charge in [0.25, 0.3) is 5.91 Å². The first kappa shape index (κ1) is 18.5. The van der Waals surface area contributed by atoms with Crippen LogP contribution in [-0.2, 0) is 4.74 Å². The Morgan fingerprint density at radius 1 is 1.36 bits per heavy atom. The average Bonchev–Trinajstić information content (AvgIpc) is 3.35. The van der Waals surface area contributed by atoms with Crippen molar-refractivity contribution in [3.8, 4) is 0 Å². The second-order valence-electron chi connectivity index (χ2n) is 9.34. The fourth-order valence-corrected chi connectivity index (χ4v) is 6.17. The molecule has 4 fully saturated rings. The lowest BCUT2D eigenvalue weighted by Crippen LogP contribution is -2.44. The fourth-order valence-electron chi connectivity index (χ4n) is 6.17. The summed E-state index contributed by atoms with van der Waals surface area (Å²) in [4.78, 5) is 22.0. The van der Waals surface area contributed by atoms with Gasteiger partial charge in [-0.3, -0.25) is 14.7 Å². The van der Waals surface area contributed by atoms with Gasteiger partial charge in [-0.15, -0.1) is 0 Å². The number of rotatable bonds is 4. The summed E-state index contributed by atoms with van der Waals surface area (Å²) in [6.45, 7) is 7.23. The Hall–Kier alpha value is -1.50. The van der Waals surface area contributed by atoms with Crippen molar-refractivity contribution in [2.75, 3.05) is 39.8 Å². The van der Waals surface area contributed by atoms with E-state index in [1.165, 1.54) is 32.4 Å². The van der Waals surface area contributed by atoms with Gasteiger partial charge >= 0.3 is 0 Å². The maximum atomic E-state index is 12.7. The van der Waals surface area contributed by atoms with Crippen molar-refractivity contribution in [2.24, 2.45) is 11.8 Å². The van der Waals surface area contributed by atoms with E-state index >= 15 is 0 Å². The van der Waals surface area contributed by atoms with Crippen LogP contribution in [0.15, 0.2) is 18.3 Å². The Morgan fingerprint density at radius 3 is 2.96 bits per heavy atom. The van der Waals surface area contributed by atoms with Gasteiger partial charge in [0, 0.05) is 49.4 Å². The molecule has 0 saturated carbocycles. The zero-order valence-corrected chi connectivity index (χ0v) is 17.1. The van der Waals surface area contributed by atoms with Gasteiger partial charge in [-0.1, -0.05) is 0 Å². The molecule has 152 valence electrons. The quantitative estimate of drug-likeness (QED) is 0.856. The van der Waals surface area contributed by atoms with Gasteiger partial charge in [0.05, 0.1) is 17.3 Å². The van der Waals surface area contributed by atoms with Crippen molar-refractivity contribution in [2.45, 2.75) is 50.4 Å². The molecule has 1 spiro atoms. The number of aromatic nitrogens is 1. The van der Waals surface area contributed by atoms with Crippen molar-refractivity contribution in [1.29, 1.82) is 0 Å². The number of pyridine rings is 1. The Morgan fingerprint density at radius 2 is 2.18 bits per heavy atom. The molecule has 2 bridgehead atoms. The minimum Gasteiger partial charge on any atom is -0.370 e. The first-order valence-electron chi connectivity index (χ1n) is 10.9. The van der Waals surface area contributed by atoms with Crippen molar-refractivity contribution < 1.29 is 9.53 Å². The normalized spacial score (nSPS) is 36.0. The number of nitrogens with zero attached hydrogens (tertiary/aromatic N) is 3. The molecule has 0 radical (unpaired) electrons. The third-order valence-corrected chi connectivity index (χ3v) is 7.76. The molecule has 4 atom stereocenters. The van der Waals surface area contributed by atoms with Crippen LogP contribution in [0.4, 0.5) is 0 Å². The van der Waals surface area contributed by atoms with Crippen molar-refractivity contribution in [3.05, 3.63) is 29.6 Å². The molecule has 4 aliphatic rings. The number of hydrogen-bond donors (Lipinski definition) is 1. The number of carbonyl (C=O) groups is 1. The van der Waals surface area contributed by atoms with Crippen LogP contribution in [0, 0.1) is 18.8 Å². The molecule has 6 heteroatoms. The summed E-state index contributed by atoms with van der Waals surface area (Å²) in [6, 6.07) is 4.38. The number of ether oxygens (including phenoxy) is 1. The van der Waals surface area contributed by atoms with Crippen LogP contribution in [0.5, 0.6) is 0 Å². The van der Waals surface area contributed by atoms with Crippen LogP contribution >= 0.6 is 0 Å². The predicted molar refractivity (Wildman–Crippen MR) is 107 cm³/mol. The topological polar surface area (TPSA) is 57.7 Å². The number of hydrogen-bond acceptors (Lipinski definition) is 5. The maximum Gasteiger partial charge on any atom is 0.253 e. The van der Waals surface area contributed by atoms with Crippen molar-refractivity contribution in [3.63, 3.8) is 0 Å². The van der Waals surface area contributed by atoms with Crippen LogP contribution in [0.3, 0.4) is 0 Å². The Labute approximate surface area is 167 Å². The summed E-state index contributed by atoms with van der Waals surface area (Å²) in [5.74, 6) is 0.986. The number of aryl methyl sites for hydroxylation is 1. The molecule has 4 aliphatic heterocycles. The van der Waals surface area contributed by atoms with Gasteiger partial charge in [-0.05, 0) is 64.9 Å². The lowest BCUT2D eigenvalue weighted by Gasteiger charge is -2.36. The molecule has 1 amide bonds. The third-order valence-electron chi connectivity index (χ3n) is 7.76. The summed E-state index contributed by atoms with van der Waals surface area (Å²) in [7, 11) is 2.22. The SMILES string of the molecule is Cc1ncccc1C(=O)NC[C@H]1[C@H]2CN(C3CCN(C)CC3)C[C@]23CC[C@H]1O3. The second-order valence-corrected chi connectivity index (χ2v) is 9.34. The molecule has 0 aliphatic carbocycles. The lowest BCUT2D eigenvalue weighted by molar-refractivity contribution is -0.00416. The summed E-state index contributed by atoms with van der Waals surface area (Å²) in [6.07, 6.45) is 6.92. The smallest absolute Gasteiger partial charge is 0.253 e. The van der Waals surface area contributed by atoms with E-state index in [1.807, 2.05) is 19.1 Å². The molecular formula is C22H32N4O2. The molecule has 0 aromatic carbocycles. The van der Waals surface area contributed by atoms with Crippen LogP contribution in [0.25, 0.3) is 0 Å². The summed E-state index contributed by atoms with van der Waals surface area (Å²) < 4.78 is 6.58. The highest BCUT2D eigenvalue weighted by Gasteiger charge is 2.63. The Bertz CT molecular complexity index is 748. The zero-order chi connectivity index (χ0) is 19.3. The van der Waals surface area contributed by atoms with E-state index in [9.17, 15) is 4.79 Å². The Kier molecular flexibility index (Phi) is 4.68. The summed E-state index contributed by atoms with van der Waals surface area (Å²) in [5.41, 5.74) is 1.52. The lowest BCUT2D eigenvalue weighted by atomic mass is 9.73. The highest BCUT2D eigenvalue weighted by Crippen LogP contribution is 2.55. The molecular weight excluding hydrogens is 352 g/mol. The minimum atomic E-state index is -0.00686. The van der Waals surface area contributed by atoms with E-state index in [0.29, 0.717) is 36.1 Å². The van der Waals surface area contributed by atoms with Gasteiger partial charge in [0.1, 0.15) is 0 Å². The number of piperidine rings is 1. The van der Waals surface area contributed by atoms with Crippen LogP contribution < -0.4 is 5.32 Å². The maximum absolute atomic E-state index is 12.7. The molecule has 4 saturated heterocycles. The van der Waals surface area contributed by atoms with Gasteiger partial charge < -0.3 is 15.0 Å². The third kappa shape index (κ3) is 3.06. The monoisotopic (exact) mass is 384 g/mol. The fraction of sp³-hybridized carbons (Fsp3) is 0.727. The van der Waals surface area contributed by atoms with Gasteiger partial charge in [-0.25, -0.2) is 0 Å². The Balaban J connectivity index is 1.24. The molecule has 6 nitrogen and oxygen atoms in total. The number of nitrogens with one attached hydrogen (secondary N) is 1. The van der Waals surface area contributed by atoms with E-state index < -0.39 is 0 Å². The van der Waals surface area contributed by atoms with Gasteiger partial charge in [-0.2, -0.15) is 0 Å². The highest BCUT2D eigenvalue weighted by atomic mass is 16.5. The van der Waals surface area contributed by atoms with E-state index in [-0.39, 0.29) is 11.5 Å².